The number of unbranched alkanes of at least 4 members (excludes halogenated alkanes) is 15. The van der Waals surface area contributed by atoms with E-state index in [4.69, 9.17) is 3.97 Å². The first-order valence-corrected chi connectivity index (χ1v) is 22.7. The van der Waals surface area contributed by atoms with E-state index in [0.29, 0.717) is 0 Å². The Bertz CT molecular complexity index is 1120. The van der Waals surface area contributed by atoms with Crippen LogP contribution < -0.4 is 0 Å². The second kappa shape index (κ2) is 21.4. The van der Waals surface area contributed by atoms with Crippen LogP contribution in [-0.4, -0.2) is 26.9 Å². The molecule has 2 aromatic rings. The van der Waals surface area contributed by atoms with Gasteiger partial charge in [0.1, 0.15) is 0 Å². The first-order valence-electron chi connectivity index (χ1n) is 18.5. The monoisotopic (exact) mass is 658 g/mol. The van der Waals surface area contributed by atoms with E-state index in [2.05, 4.69) is 63.8 Å². The molecule has 0 aromatic heterocycles. The summed E-state index contributed by atoms with van der Waals surface area (Å²) in [6.07, 6.45) is 25.8. The van der Waals surface area contributed by atoms with Crippen LogP contribution in [-0.2, 0) is 14.1 Å². The Labute approximate surface area is 279 Å². The number of allylic oxidation sites excluding steroid dienone is 1. The molecule has 5 heteroatoms. The second-order valence-corrected chi connectivity index (χ2v) is 20.9. The van der Waals surface area contributed by atoms with Gasteiger partial charge in [-0.05, 0) is 0 Å². The van der Waals surface area contributed by atoms with Crippen LogP contribution in [0.2, 0.25) is 0 Å². The molecule has 0 aliphatic carbocycles. The van der Waals surface area contributed by atoms with Crippen molar-refractivity contribution in [3.63, 3.8) is 0 Å². The molecule has 1 atom stereocenters. The molecule has 2 aromatic carbocycles. The molecule has 0 fully saturated rings. The Morgan fingerprint density at radius 1 is 0.622 bits per heavy atom. The predicted molar refractivity (Wildman–Crippen MR) is 200 cm³/mol. The van der Waals surface area contributed by atoms with Gasteiger partial charge in [0.15, 0.2) is 0 Å². The van der Waals surface area contributed by atoms with Crippen LogP contribution in [0, 0.1) is 6.92 Å². The summed E-state index contributed by atoms with van der Waals surface area (Å²) in [4.78, 5) is 0.284. The zero-order valence-electron chi connectivity index (χ0n) is 29.5. The molecule has 0 aliphatic rings. The van der Waals surface area contributed by atoms with Crippen molar-refractivity contribution in [3.05, 3.63) is 78.4 Å². The molecule has 0 radical (unpaired) electrons. The van der Waals surface area contributed by atoms with Crippen LogP contribution in [0.5, 0.6) is 0 Å². The molecule has 256 valence electrons. The average Bonchev–Trinajstić information content (AvgIpc) is 3.03. The quantitative estimate of drug-likeness (QED) is 0.0545. The Balaban J connectivity index is 2.68. The topological polar surface area (TPSA) is 43.4 Å². The molecule has 0 N–H and O–H groups in total. The number of rotatable bonds is 27. The number of benzene rings is 2. The van der Waals surface area contributed by atoms with E-state index < -0.39 is 16.9 Å². The van der Waals surface area contributed by atoms with Crippen LogP contribution >= 0.6 is 6.83 Å². The van der Waals surface area contributed by atoms with Crippen molar-refractivity contribution in [2.24, 2.45) is 0 Å². The SMILES string of the molecule is C=CC(c1ccccc1)P(CCCCCCCC)(CCCCCCCC)(CCCCCCCC)OS(=O)(=O)c1ccc(C)cc1. The van der Waals surface area contributed by atoms with Gasteiger partial charge in [-0.1, -0.05) is 0 Å². The minimum atomic E-state index is -4.00. The molecule has 3 nitrogen and oxygen atoms in total. The van der Waals surface area contributed by atoms with Gasteiger partial charge in [0.2, 0.25) is 0 Å². The summed E-state index contributed by atoms with van der Waals surface area (Å²) < 4.78 is 36.2. The molecular weight excluding hydrogens is 591 g/mol. The van der Waals surface area contributed by atoms with Crippen molar-refractivity contribution in [2.45, 2.75) is 154 Å². The van der Waals surface area contributed by atoms with E-state index in [9.17, 15) is 8.42 Å². The second-order valence-electron chi connectivity index (χ2n) is 13.6. The van der Waals surface area contributed by atoms with Gasteiger partial charge in [-0.2, -0.15) is 0 Å². The molecule has 2 rings (SSSR count). The molecule has 1 unspecified atom stereocenters. The maximum atomic E-state index is 14.5. The minimum absolute atomic E-state index is 0.112. The van der Waals surface area contributed by atoms with Gasteiger partial charge in [-0.3, -0.25) is 0 Å². The first-order chi connectivity index (χ1) is 21.8. The summed E-state index contributed by atoms with van der Waals surface area (Å²) >= 11 is 0. The molecule has 0 amide bonds. The summed E-state index contributed by atoms with van der Waals surface area (Å²) in [5.74, 6) is 0. The van der Waals surface area contributed by atoms with E-state index in [1.54, 1.807) is 12.1 Å². The fourth-order valence-corrected chi connectivity index (χ4v) is 17.3. The van der Waals surface area contributed by atoms with Gasteiger partial charge in [0, 0.05) is 0 Å². The molecule has 0 saturated heterocycles. The first kappa shape index (κ1) is 39.7. The van der Waals surface area contributed by atoms with E-state index in [0.717, 1.165) is 68.1 Å². The molecule has 0 aliphatic heterocycles. The van der Waals surface area contributed by atoms with E-state index in [-0.39, 0.29) is 10.6 Å². The van der Waals surface area contributed by atoms with Gasteiger partial charge in [0.25, 0.3) is 0 Å². The van der Waals surface area contributed by atoms with Gasteiger partial charge in [0.05, 0.1) is 0 Å². The fourth-order valence-electron chi connectivity index (χ4n) is 7.17. The Morgan fingerprint density at radius 3 is 1.42 bits per heavy atom. The molecule has 0 bridgehead atoms. The van der Waals surface area contributed by atoms with Crippen molar-refractivity contribution < 1.29 is 12.4 Å². The maximum absolute atomic E-state index is 14.5. The normalized spacial score (nSPS) is 13.7. The molecular formula is C40H67O3PS. The van der Waals surface area contributed by atoms with Crippen molar-refractivity contribution in [1.29, 1.82) is 0 Å². The van der Waals surface area contributed by atoms with Gasteiger partial charge < -0.3 is 0 Å². The van der Waals surface area contributed by atoms with Crippen LogP contribution in [0.3, 0.4) is 0 Å². The zero-order chi connectivity index (χ0) is 32.9. The van der Waals surface area contributed by atoms with Gasteiger partial charge in [-0.15, -0.1) is 0 Å². The van der Waals surface area contributed by atoms with Crippen molar-refractivity contribution in [2.75, 3.05) is 18.5 Å². The zero-order valence-corrected chi connectivity index (χ0v) is 31.2. The van der Waals surface area contributed by atoms with E-state index in [1.165, 1.54) is 77.0 Å². The summed E-state index contributed by atoms with van der Waals surface area (Å²) in [6, 6.07) is 17.9. The number of hydrogen-bond acceptors (Lipinski definition) is 3. The molecule has 0 saturated carbocycles. The molecule has 0 heterocycles. The summed E-state index contributed by atoms with van der Waals surface area (Å²) in [6.45, 7) is 9.70. The molecule has 45 heavy (non-hydrogen) atoms. The summed E-state index contributed by atoms with van der Waals surface area (Å²) in [5.41, 5.74) is 2.09. The summed E-state index contributed by atoms with van der Waals surface area (Å²) in [7, 11) is -4.00. The van der Waals surface area contributed by atoms with Crippen LogP contribution in [0.1, 0.15) is 153 Å². The standard InChI is InChI=1S/C40H67O3PS/c1-6-10-13-16-19-25-34-44(35-26-20-17-14-11-7-2,36-27-21-18-15-12-8-3,40(9-4)38-28-23-22-24-29-38)43-45(41,42)39-32-30-37(5)31-33-39/h9,22-24,28-33,40H,4,6-8,10-21,25-27,34-36H2,1-3,5H3. The third kappa shape index (κ3) is 12.9. The number of hydrogen-bond donors (Lipinski definition) is 0. The third-order valence-electron chi connectivity index (χ3n) is 9.82. The predicted octanol–water partition coefficient (Wildman–Crippen LogP) is 13.2. The van der Waals surface area contributed by atoms with Crippen molar-refractivity contribution in [1.82, 2.24) is 0 Å². The average molecular weight is 659 g/mol. The molecule has 0 spiro atoms. The van der Waals surface area contributed by atoms with Crippen molar-refractivity contribution in [3.8, 4) is 0 Å². The van der Waals surface area contributed by atoms with Crippen molar-refractivity contribution >= 4 is 16.9 Å². The Kier molecular flexibility index (Phi) is 18.9. The summed E-state index contributed by atoms with van der Waals surface area (Å²) in [5, 5.41) is 0. The fraction of sp³-hybridized carbons (Fsp3) is 0.650. The van der Waals surface area contributed by atoms with E-state index >= 15 is 0 Å². The van der Waals surface area contributed by atoms with Crippen LogP contribution in [0.25, 0.3) is 0 Å². The van der Waals surface area contributed by atoms with Crippen LogP contribution in [0.15, 0.2) is 72.1 Å². The van der Waals surface area contributed by atoms with Crippen LogP contribution in [0.4, 0.5) is 0 Å². The van der Waals surface area contributed by atoms with Gasteiger partial charge in [-0.25, -0.2) is 0 Å². The van der Waals surface area contributed by atoms with Gasteiger partial charge >= 0.3 is 280 Å². The Morgan fingerprint density at radius 2 is 1.02 bits per heavy atom. The third-order valence-corrected chi connectivity index (χ3v) is 19.2. The number of aryl methyl sites for hydroxylation is 1. The van der Waals surface area contributed by atoms with E-state index in [1.807, 2.05) is 19.1 Å². The Hall–Kier alpha value is -1.48.